The fourth-order valence-corrected chi connectivity index (χ4v) is 10.5. The summed E-state index contributed by atoms with van der Waals surface area (Å²) in [5.41, 5.74) is 4.57. The van der Waals surface area contributed by atoms with Gasteiger partial charge in [-0.3, -0.25) is 23.2 Å². The standard InChI is InChI=1S/C54H95N3O17P2/c1-4-5-6-7-8-9-10-18-21-24-27-30-34-45(58)46(59)35-32-37-50(61)72-44(40-69-49(60)36-31-28-25-22-19-16-14-12-11-13-15-17-20-23-26-29-33-43(2)3)41-70-75(65,66)74-76(67,68)71-42-47-51(62)52(63)53(73-47)57-39-38-48(55)56-54(57)64/h8-9,18,21,27,30,38-39,43-47,51-53,58-59,62-63H,4-7,10-17,19-20,22-26,28-29,31-37,40-42H2,1-3H3,(H,65,66)(H,67,68)(H2,55,56,64)/b9-8-,21-18-,30-27-/t44-,45?,46?,47-,51-,52-,53-/m1/s1. The maximum absolute atomic E-state index is 12.9. The van der Waals surface area contributed by atoms with Gasteiger partial charge in [-0.2, -0.15) is 9.29 Å². The summed E-state index contributed by atoms with van der Waals surface area (Å²) < 4.78 is 56.7. The molecule has 0 aliphatic carbocycles. The summed E-state index contributed by atoms with van der Waals surface area (Å²) in [4.78, 5) is 62.1. The van der Waals surface area contributed by atoms with Crippen molar-refractivity contribution in [3.8, 4) is 0 Å². The highest BCUT2D eigenvalue weighted by Gasteiger charge is 2.46. The Labute approximate surface area is 452 Å². The van der Waals surface area contributed by atoms with E-state index >= 15 is 0 Å². The molecule has 1 aromatic heterocycles. The van der Waals surface area contributed by atoms with E-state index in [1.807, 2.05) is 12.2 Å². The lowest BCUT2D eigenvalue weighted by Gasteiger charge is -2.22. The Balaban J connectivity index is 1.82. The van der Waals surface area contributed by atoms with Crippen LogP contribution in [0, 0.1) is 5.92 Å². The smallest absolute Gasteiger partial charge is 0.462 e. The van der Waals surface area contributed by atoms with Crippen molar-refractivity contribution in [3.05, 3.63) is 59.2 Å². The molecule has 1 aliphatic heterocycles. The predicted octanol–water partition coefficient (Wildman–Crippen LogP) is 10.1. The first-order valence-corrected chi connectivity index (χ1v) is 31.0. The van der Waals surface area contributed by atoms with Crippen LogP contribution in [0.2, 0.25) is 0 Å². The van der Waals surface area contributed by atoms with Crippen LogP contribution in [0.1, 0.15) is 207 Å². The van der Waals surface area contributed by atoms with E-state index in [9.17, 15) is 53.7 Å². The molecule has 1 aromatic rings. The van der Waals surface area contributed by atoms with Crippen LogP contribution in [0.5, 0.6) is 0 Å². The van der Waals surface area contributed by atoms with Gasteiger partial charge in [-0.1, -0.05) is 173 Å². The number of carbonyl (C=O) groups excluding carboxylic acids is 2. The SMILES string of the molecule is CCCCC/C=C\C/C=C\C/C=C\CC(O)C(O)CCCC(=O)O[C@H](COC(=O)CCCCCCCCCCCCCCCCCCC(C)C)COP(=O)(O)OP(=O)(O)OC[C@H]1O[C@@H](n2ccc(N)nc2=O)[C@H](O)[C@@H]1O. The van der Waals surface area contributed by atoms with E-state index < -0.39 is 95.9 Å². The number of ether oxygens (including phenoxy) is 3. The fraction of sp³-hybridized carbons (Fsp3) is 0.778. The minimum absolute atomic E-state index is 0.0366. The van der Waals surface area contributed by atoms with E-state index in [0.29, 0.717) is 12.8 Å². The molecule has 1 fully saturated rings. The molecule has 438 valence electrons. The third kappa shape index (κ3) is 33.4. The monoisotopic (exact) mass is 1120 g/mol. The number of nitrogens with two attached hydrogens (primary N) is 1. The number of carbonyl (C=O) groups is 2. The van der Waals surface area contributed by atoms with Gasteiger partial charge >= 0.3 is 33.3 Å². The third-order valence-electron chi connectivity index (χ3n) is 12.9. The van der Waals surface area contributed by atoms with Crippen molar-refractivity contribution in [1.82, 2.24) is 9.55 Å². The number of aliphatic hydroxyl groups excluding tert-OH is 4. The fourth-order valence-electron chi connectivity index (χ4n) is 8.37. The maximum atomic E-state index is 12.9. The lowest BCUT2D eigenvalue weighted by Crippen LogP contribution is -2.36. The Hall–Kier alpha value is -3.10. The number of aromatic nitrogens is 2. The first-order chi connectivity index (χ1) is 36.3. The van der Waals surface area contributed by atoms with Gasteiger partial charge in [-0.25, -0.2) is 13.9 Å². The predicted molar refractivity (Wildman–Crippen MR) is 292 cm³/mol. The van der Waals surface area contributed by atoms with Crippen LogP contribution in [0.4, 0.5) is 5.82 Å². The van der Waals surface area contributed by atoms with Crippen molar-refractivity contribution in [2.24, 2.45) is 5.92 Å². The average molecular weight is 1120 g/mol. The number of nitrogen functional groups attached to an aromatic ring is 1. The second-order valence-corrected chi connectivity index (χ2v) is 23.3. The van der Waals surface area contributed by atoms with Crippen LogP contribution in [-0.4, -0.2) is 108 Å². The zero-order chi connectivity index (χ0) is 56.0. The second-order valence-electron chi connectivity index (χ2n) is 20.2. The number of phosphoric acid groups is 2. The molecular formula is C54H95N3O17P2. The molecule has 0 saturated carbocycles. The van der Waals surface area contributed by atoms with E-state index in [1.54, 1.807) is 6.08 Å². The average Bonchev–Trinajstić information content (AvgIpc) is 3.64. The van der Waals surface area contributed by atoms with Crippen molar-refractivity contribution in [2.45, 2.75) is 243 Å². The van der Waals surface area contributed by atoms with Gasteiger partial charge in [0.25, 0.3) is 0 Å². The van der Waals surface area contributed by atoms with E-state index in [2.05, 4.69) is 48.3 Å². The molecule has 0 spiro atoms. The molecule has 0 aromatic carbocycles. The molecule has 9 atom stereocenters. The van der Waals surface area contributed by atoms with Crippen LogP contribution >= 0.6 is 15.6 Å². The number of unbranched alkanes of at least 4 members (excludes halogenated alkanes) is 18. The van der Waals surface area contributed by atoms with Gasteiger partial charge in [0, 0.05) is 19.0 Å². The summed E-state index contributed by atoms with van der Waals surface area (Å²) in [6.45, 7) is 4.20. The Bertz CT molecular complexity index is 1970. The van der Waals surface area contributed by atoms with Crippen molar-refractivity contribution >= 4 is 33.4 Å². The topological polar surface area (TPSA) is 306 Å². The molecule has 22 heteroatoms. The van der Waals surface area contributed by atoms with Gasteiger partial charge in [0.1, 0.15) is 30.7 Å². The van der Waals surface area contributed by atoms with Gasteiger partial charge in [0.05, 0.1) is 25.4 Å². The number of allylic oxidation sites excluding steroid dienone is 5. The highest BCUT2D eigenvalue weighted by atomic mass is 31.3. The van der Waals surface area contributed by atoms with Crippen molar-refractivity contribution in [3.63, 3.8) is 0 Å². The Kier molecular flexibility index (Phi) is 37.2. The molecular weight excluding hydrogens is 1020 g/mol. The molecule has 0 amide bonds. The normalized spacial score (nSPS) is 19.9. The molecule has 8 N–H and O–H groups in total. The zero-order valence-electron chi connectivity index (χ0n) is 45.7. The minimum Gasteiger partial charge on any atom is -0.462 e. The molecule has 2 heterocycles. The first-order valence-electron chi connectivity index (χ1n) is 28.0. The number of hydrogen-bond donors (Lipinski definition) is 7. The van der Waals surface area contributed by atoms with E-state index in [0.717, 1.165) is 55.2 Å². The van der Waals surface area contributed by atoms with Gasteiger partial charge in [-0.05, 0) is 63.4 Å². The summed E-state index contributed by atoms with van der Waals surface area (Å²) in [7, 11) is -11.0. The number of nitrogens with zero attached hydrogens (tertiary/aromatic N) is 2. The second kappa shape index (κ2) is 41.0. The molecule has 0 bridgehead atoms. The van der Waals surface area contributed by atoms with Crippen LogP contribution in [-0.2, 0) is 46.3 Å². The molecule has 20 nitrogen and oxygen atoms in total. The van der Waals surface area contributed by atoms with Gasteiger partial charge in [-0.15, -0.1) is 0 Å². The first kappa shape index (κ1) is 69.0. The third-order valence-corrected chi connectivity index (χ3v) is 15.5. The lowest BCUT2D eigenvalue weighted by atomic mass is 10.0. The zero-order valence-corrected chi connectivity index (χ0v) is 47.5. The number of phosphoric ester groups is 2. The Morgan fingerprint density at radius 2 is 1.26 bits per heavy atom. The van der Waals surface area contributed by atoms with E-state index in [-0.39, 0.29) is 37.9 Å². The summed E-state index contributed by atoms with van der Waals surface area (Å²) in [6, 6.07) is 1.23. The van der Waals surface area contributed by atoms with Crippen molar-refractivity contribution in [1.29, 1.82) is 0 Å². The van der Waals surface area contributed by atoms with Crippen LogP contribution in [0.3, 0.4) is 0 Å². The highest BCUT2D eigenvalue weighted by molar-refractivity contribution is 7.61. The quantitative estimate of drug-likeness (QED) is 0.0138. The van der Waals surface area contributed by atoms with Crippen LogP contribution < -0.4 is 11.4 Å². The summed E-state index contributed by atoms with van der Waals surface area (Å²) in [6.07, 6.45) is 29.5. The van der Waals surface area contributed by atoms with Crippen LogP contribution in [0.25, 0.3) is 0 Å². The summed E-state index contributed by atoms with van der Waals surface area (Å²) >= 11 is 0. The molecule has 1 aliphatic rings. The number of rotatable bonds is 46. The number of aliphatic hydroxyl groups is 4. The van der Waals surface area contributed by atoms with Gasteiger partial charge in [0.15, 0.2) is 12.3 Å². The largest absolute Gasteiger partial charge is 0.481 e. The summed E-state index contributed by atoms with van der Waals surface area (Å²) in [5, 5.41) is 41.9. The lowest BCUT2D eigenvalue weighted by molar-refractivity contribution is -0.161. The minimum atomic E-state index is -5.50. The number of hydrogen-bond acceptors (Lipinski definition) is 17. The Morgan fingerprint density at radius 1 is 0.711 bits per heavy atom. The summed E-state index contributed by atoms with van der Waals surface area (Å²) in [5.74, 6) is -0.788. The number of esters is 2. The molecule has 76 heavy (non-hydrogen) atoms. The number of anilines is 1. The Morgan fingerprint density at radius 3 is 1.86 bits per heavy atom. The molecule has 2 rings (SSSR count). The highest BCUT2D eigenvalue weighted by Crippen LogP contribution is 2.60. The molecule has 4 unspecified atom stereocenters. The van der Waals surface area contributed by atoms with Gasteiger partial charge in [0.2, 0.25) is 0 Å². The maximum Gasteiger partial charge on any atom is 0.481 e. The van der Waals surface area contributed by atoms with E-state index in [1.165, 1.54) is 102 Å². The molecule has 1 saturated heterocycles. The van der Waals surface area contributed by atoms with Crippen LogP contribution in [0.15, 0.2) is 53.5 Å². The van der Waals surface area contributed by atoms with Crippen molar-refractivity contribution < 1.29 is 76.5 Å². The van der Waals surface area contributed by atoms with Gasteiger partial charge < -0.3 is 50.2 Å². The van der Waals surface area contributed by atoms with E-state index in [4.69, 9.17) is 29.0 Å². The van der Waals surface area contributed by atoms with Crippen molar-refractivity contribution in [2.75, 3.05) is 25.6 Å². The molecule has 0 radical (unpaired) electrons.